The van der Waals surface area contributed by atoms with Crippen LogP contribution in [0.1, 0.15) is 35.2 Å². The molecule has 0 radical (unpaired) electrons. The lowest BCUT2D eigenvalue weighted by molar-refractivity contribution is 0.0722. The van der Waals surface area contributed by atoms with E-state index >= 15 is 0 Å². The topological polar surface area (TPSA) is 104 Å². The van der Waals surface area contributed by atoms with Crippen molar-refractivity contribution in [3.63, 3.8) is 0 Å². The first kappa shape index (κ1) is 15.4. The van der Waals surface area contributed by atoms with Crippen LogP contribution in [-0.2, 0) is 7.05 Å². The number of hydrogen-bond acceptors (Lipinski definition) is 4. The number of nitrogens with zero attached hydrogens (tertiary/aromatic N) is 3. The summed E-state index contributed by atoms with van der Waals surface area (Å²) in [7, 11) is 1.68. The average Bonchev–Trinajstić information content (AvgIpc) is 3.26. The number of para-hydroxylation sites is 1. The molecule has 3 heterocycles. The summed E-state index contributed by atoms with van der Waals surface area (Å²) in [6.07, 6.45) is 2.90. The van der Waals surface area contributed by atoms with Crippen LogP contribution >= 0.6 is 0 Å². The Bertz CT molecular complexity index is 1080. The first-order chi connectivity index (χ1) is 12.1. The van der Waals surface area contributed by atoms with Crippen LogP contribution in [-0.4, -0.2) is 36.9 Å². The van der Waals surface area contributed by atoms with Crippen LogP contribution in [0.4, 0.5) is 0 Å². The zero-order chi connectivity index (χ0) is 17.6. The summed E-state index contributed by atoms with van der Waals surface area (Å²) in [6, 6.07) is 6.88. The van der Waals surface area contributed by atoms with Gasteiger partial charge in [-0.15, -0.1) is 0 Å². The lowest BCUT2D eigenvalue weighted by atomic mass is 10.1. The normalized spacial score (nSPS) is 17.3. The lowest BCUT2D eigenvalue weighted by Crippen LogP contribution is -2.35. The van der Waals surface area contributed by atoms with Crippen LogP contribution in [0, 0.1) is 0 Å². The minimum atomic E-state index is -0.421. The van der Waals surface area contributed by atoms with Crippen molar-refractivity contribution in [1.29, 1.82) is 0 Å². The highest BCUT2D eigenvalue weighted by atomic mass is 16.2. The van der Waals surface area contributed by atoms with Gasteiger partial charge in [0.1, 0.15) is 11.5 Å². The van der Waals surface area contributed by atoms with Gasteiger partial charge in [-0.05, 0) is 25.0 Å². The number of rotatable bonds is 2. The van der Waals surface area contributed by atoms with Crippen LogP contribution in [0.15, 0.2) is 40.1 Å². The summed E-state index contributed by atoms with van der Waals surface area (Å²) in [5.74, 6) is 0.288. The number of aromatic nitrogens is 4. The second-order valence-corrected chi connectivity index (χ2v) is 6.16. The van der Waals surface area contributed by atoms with Gasteiger partial charge >= 0.3 is 5.69 Å². The minimum absolute atomic E-state index is 0.130. The van der Waals surface area contributed by atoms with Gasteiger partial charge in [-0.1, -0.05) is 12.1 Å². The molecule has 128 valence electrons. The van der Waals surface area contributed by atoms with Crippen molar-refractivity contribution in [2.75, 3.05) is 6.54 Å². The number of carbonyl (C=O) groups is 1. The Hall–Kier alpha value is -3.16. The molecule has 1 fully saturated rings. The summed E-state index contributed by atoms with van der Waals surface area (Å²) in [4.78, 5) is 47.8. The van der Waals surface area contributed by atoms with Crippen molar-refractivity contribution in [3.8, 4) is 0 Å². The summed E-state index contributed by atoms with van der Waals surface area (Å²) >= 11 is 0. The molecule has 0 saturated carbocycles. The molecule has 1 unspecified atom stereocenters. The Morgan fingerprint density at radius 3 is 2.84 bits per heavy atom. The molecule has 0 bridgehead atoms. The highest BCUT2D eigenvalue weighted by Crippen LogP contribution is 2.31. The molecule has 1 amide bonds. The van der Waals surface area contributed by atoms with Gasteiger partial charge < -0.3 is 14.9 Å². The second-order valence-electron chi connectivity index (χ2n) is 6.16. The van der Waals surface area contributed by atoms with Crippen molar-refractivity contribution in [3.05, 3.63) is 62.8 Å². The standard InChI is InChI=1S/C17H17N5O3/c1-21-14(19-11-6-3-2-5-10(11)15(21)23)13-7-4-8-22(13)16(24)12-9-18-17(25)20-12/h2-3,5-6,9,13H,4,7-8H2,1H3,(H2,18,20,25). The van der Waals surface area contributed by atoms with E-state index in [0.717, 1.165) is 12.8 Å². The quantitative estimate of drug-likeness (QED) is 0.724. The van der Waals surface area contributed by atoms with E-state index in [1.165, 1.54) is 10.8 Å². The van der Waals surface area contributed by atoms with Crippen molar-refractivity contribution in [2.24, 2.45) is 7.05 Å². The number of benzene rings is 1. The zero-order valence-electron chi connectivity index (χ0n) is 13.7. The number of aromatic amines is 2. The fraction of sp³-hybridized carbons (Fsp3) is 0.294. The Morgan fingerprint density at radius 1 is 1.28 bits per heavy atom. The third kappa shape index (κ3) is 2.46. The molecule has 1 aromatic carbocycles. The van der Waals surface area contributed by atoms with Gasteiger partial charge in [0, 0.05) is 19.8 Å². The number of carbonyl (C=O) groups excluding carboxylic acids is 1. The first-order valence-corrected chi connectivity index (χ1v) is 8.10. The van der Waals surface area contributed by atoms with E-state index in [9.17, 15) is 14.4 Å². The van der Waals surface area contributed by atoms with Crippen molar-refractivity contribution in [2.45, 2.75) is 18.9 Å². The number of amides is 1. The van der Waals surface area contributed by atoms with Crippen molar-refractivity contribution in [1.82, 2.24) is 24.4 Å². The number of H-pyrrole nitrogens is 2. The van der Waals surface area contributed by atoms with Crippen LogP contribution < -0.4 is 11.2 Å². The summed E-state index contributed by atoms with van der Waals surface area (Å²) in [5, 5.41) is 0.555. The third-order valence-electron chi connectivity index (χ3n) is 4.66. The molecule has 1 aliphatic heterocycles. The third-order valence-corrected chi connectivity index (χ3v) is 4.66. The predicted octanol–water partition coefficient (Wildman–Crippen LogP) is 0.927. The Morgan fingerprint density at radius 2 is 2.08 bits per heavy atom. The molecule has 1 atom stereocenters. The number of fused-ring (bicyclic) bond motifs is 1. The molecule has 1 saturated heterocycles. The average molecular weight is 339 g/mol. The van der Waals surface area contributed by atoms with Gasteiger partial charge in [0.2, 0.25) is 0 Å². The maximum atomic E-state index is 12.7. The molecule has 3 aromatic rings. The smallest absolute Gasteiger partial charge is 0.323 e. The molecule has 4 rings (SSSR count). The Balaban J connectivity index is 1.79. The van der Waals surface area contributed by atoms with Crippen LogP contribution in [0.5, 0.6) is 0 Å². The Kier molecular flexibility index (Phi) is 3.52. The number of hydrogen-bond donors (Lipinski definition) is 2. The van der Waals surface area contributed by atoms with Gasteiger partial charge in [0.25, 0.3) is 11.5 Å². The monoisotopic (exact) mass is 339 g/mol. The molecule has 8 nitrogen and oxygen atoms in total. The molecule has 2 aromatic heterocycles. The van der Waals surface area contributed by atoms with E-state index in [1.54, 1.807) is 30.1 Å². The van der Waals surface area contributed by atoms with Gasteiger partial charge in [-0.25, -0.2) is 9.78 Å². The Labute approximate surface area is 142 Å². The highest BCUT2D eigenvalue weighted by molar-refractivity contribution is 5.92. The molecule has 0 spiro atoms. The van der Waals surface area contributed by atoms with E-state index in [1.807, 2.05) is 6.07 Å². The van der Waals surface area contributed by atoms with E-state index in [0.29, 0.717) is 23.3 Å². The predicted molar refractivity (Wildman–Crippen MR) is 91.4 cm³/mol. The number of nitrogens with one attached hydrogen (secondary N) is 2. The molecule has 25 heavy (non-hydrogen) atoms. The molecular weight excluding hydrogens is 322 g/mol. The highest BCUT2D eigenvalue weighted by Gasteiger charge is 2.34. The van der Waals surface area contributed by atoms with E-state index in [4.69, 9.17) is 0 Å². The molecule has 1 aliphatic rings. The minimum Gasteiger partial charge on any atom is -0.327 e. The van der Waals surface area contributed by atoms with Crippen molar-refractivity contribution < 1.29 is 4.79 Å². The number of imidazole rings is 1. The van der Waals surface area contributed by atoms with Crippen LogP contribution in [0.25, 0.3) is 10.9 Å². The molecule has 2 N–H and O–H groups in total. The van der Waals surface area contributed by atoms with Gasteiger partial charge in [-0.3, -0.25) is 14.2 Å². The summed E-state index contributed by atoms with van der Waals surface area (Å²) in [5.41, 5.74) is 0.280. The summed E-state index contributed by atoms with van der Waals surface area (Å²) in [6.45, 7) is 0.555. The molecule has 0 aliphatic carbocycles. The van der Waals surface area contributed by atoms with E-state index in [2.05, 4.69) is 15.0 Å². The lowest BCUT2D eigenvalue weighted by Gasteiger charge is -2.25. The second kappa shape index (κ2) is 5.73. The largest absolute Gasteiger partial charge is 0.327 e. The van der Waals surface area contributed by atoms with Gasteiger partial charge in [0.05, 0.1) is 16.9 Å². The van der Waals surface area contributed by atoms with Crippen LogP contribution in [0.2, 0.25) is 0 Å². The van der Waals surface area contributed by atoms with E-state index in [-0.39, 0.29) is 23.2 Å². The molecule has 8 heteroatoms. The number of likely N-dealkylation sites (tertiary alicyclic amines) is 1. The SMILES string of the molecule is Cn1c(C2CCCN2C(=O)c2c[nH]c(=O)[nH]2)nc2ccccc2c1=O. The molecular formula is C17H17N5O3. The maximum absolute atomic E-state index is 12.7. The fourth-order valence-electron chi connectivity index (χ4n) is 3.41. The van der Waals surface area contributed by atoms with Crippen LogP contribution in [0.3, 0.4) is 0 Å². The first-order valence-electron chi connectivity index (χ1n) is 8.10. The summed E-state index contributed by atoms with van der Waals surface area (Å²) < 4.78 is 1.51. The fourth-order valence-corrected chi connectivity index (χ4v) is 3.41. The van der Waals surface area contributed by atoms with Gasteiger partial charge in [-0.2, -0.15) is 0 Å². The van der Waals surface area contributed by atoms with E-state index < -0.39 is 5.69 Å². The van der Waals surface area contributed by atoms with Crippen molar-refractivity contribution >= 4 is 16.8 Å². The zero-order valence-corrected chi connectivity index (χ0v) is 13.7. The maximum Gasteiger partial charge on any atom is 0.323 e. The van der Waals surface area contributed by atoms with Gasteiger partial charge in [0.15, 0.2) is 0 Å².